The molecule has 4 saturated carbocycles. The Kier molecular flexibility index (Phi) is 29.1. The number of amides is 12. The van der Waals surface area contributed by atoms with Gasteiger partial charge in [-0.05, 0) is 146 Å². The van der Waals surface area contributed by atoms with Gasteiger partial charge in [0.2, 0.25) is 70.9 Å². The maximum Gasteiger partial charge on any atom is 0.393 e. The molecular weight excluding hydrogens is 1350 g/mol. The lowest BCUT2D eigenvalue weighted by atomic mass is 9.78. The first-order valence-corrected chi connectivity index (χ1v) is 39.2. The zero-order valence-electron chi connectivity index (χ0n) is 63.2. The fourth-order valence-corrected chi connectivity index (χ4v) is 18.2. The number of rotatable bonds is 11. The van der Waals surface area contributed by atoms with Crippen LogP contribution in [0, 0.1) is 35.5 Å². The lowest BCUT2D eigenvalue weighted by Crippen LogP contribution is -2.65. The normalized spacial score (nSPS) is 31.5. The fourth-order valence-electron chi connectivity index (χ4n) is 17.7. The molecule has 3 unspecified atom stereocenters. The number of carbonyl (C=O) groups is 12. The molecule has 24 nitrogen and oxygen atoms in total. The van der Waals surface area contributed by atoms with Crippen LogP contribution in [0.3, 0.4) is 0 Å². The van der Waals surface area contributed by atoms with Gasteiger partial charge in [0.05, 0.1) is 18.9 Å². The highest BCUT2D eigenvalue weighted by molar-refractivity contribution is 6.21. The molecule has 580 valence electrons. The first kappa shape index (κ1) is 82.4. The molecule has 13 atom stereocenters. The molecule has 8 fully saturated rings. The van der Waals surface area contributed by atoms with Gasteiger partial charge in [-0.1, -0.05) is 98.3 Å². The maximum absolute atomic E-state index is 15.9. The van der Waals surface area contributed by atoms with Crippen molar-refractivity contribution >= 4 is 82.5 Å². The van der Waals surface area contributed by atoms with Crippen LogP contribution in [0.4, 0.5) is 13.2 Å². The Balaban J connectivity index is 1.17. The molecule has 0 aromatic carbocycles. The topological polar surface area (TPSA) is 270 Å². The Labute approximate surface area is 613 Å². The molecule has 3 N–H and O–H groups in total. The number of piperidine rings is 1. The van der Waals surface area contributed by atoms with Gasteiger partial charge in [0.15, 0.2) is 0 Å². The molecule has 0 aromatic rings. The van der Waals surface area contributed by atoms with Crippen molar-refractivity contribution in [3.63, 3.8) is 0 Å². The van der Waals surface area contributed by atoms with E-state index in [4.69, 9.17) is 11.6 Å². The van der Waals surface area contributed by atoms with E-state index in [1.165, 1.54) is 81.4 Å². The highest BCUT2D eigenvalue weighted by Gasteiger charge is 2.53. The zero-order chi connectivity index (χ0) is 75.5. The van der Waals surface area contributed by atoms with Crippen LogP contribution in [-0.4, -0.2) is 261 Å². The van der Waals surface area contributed by atoms with Crippen molar-refractivity contribution in [1.82, 2.24) is 60.0 Å². The third kappa shape index (κ3) is 19.7. The molecule has 28 heteroatoms. The van der Waals surface area contributed by atoms with Gasteiger partial charge in [0.1, 0.15) is 59.9 Å². The van der Waals surface area contributed by atoms with E-state index >= 15 is 38.4 Å². The van der Waals surface area contributed by atoms with E-state index in [2.05, 4.69) is 16.0 Å². The average Bonchev–Trinajstić information content (AvgIpc) is 1.70. The molecule has 0 bridgehead atoms. The summed E-state index contributed by atoms with van der Waals surface area (Å²) in [7, 11) is 8.85. The number of halogens is 4. The lowest BCUT2D eigenvalue weighted by molar-refractivity contribution is -0.182. The number of fused-ring (bicyclic) bond motifs is 2. The molecule has 1 spiro atoms. The van der Waals surface area contributed by atoms with Crippen LogP contribution >= 0.6 is 11.6 Å². The van der Waals surface area contributed by atoms with E-state index in [1.807, 2.05) is 20.8 Å². The molecule has 8 rings (SSSR count). The second-order valence-electron chi connectivity index (χ2n) is 32.2. The smallest absolute Gasteiger partial charge is 0.343 e. The molecule has 12 amide bonds. The summed E-state index contributed by atoms with van der Waals surface area (Å²) in [5.74, 6) is -10.2. The molecule has 4 saturated heterocycles. The van der Waals surface area contributed by atoms with Crippen molar-refractivity contribution in [2.24, 2.45) is 35.5 Å². The number of likely N-dealkylation sites (N-methyl/N-ethyl adjacent to an activating group) is 6. The van der Waals surface area contributed by atoms with Crippen LogP contribution in [0.25, 0.3) is 0 Å². The minimum atomic E-state index is -4.51. The second-order valence-corrected chi connectivity index (χ2v) is 32.8. The van der Waals surface area contributed by atoms with Crippen LogP contribution < -0.4 is 16.0 Å². The predicted octanol–water partition coefficient (Wildman–Crippen LogP) is 7.02. The van der Waals surface area contributed by atoms with Crippen molar-refractivity contribution in [2.45, 2.75) is 292 Å². The average molecular weight is 1470 g/mol. The van der Waals surface area contributed by atoms with Gasteiger partial charge >= 0.3 is 6.18 Å². The molecule has 103 heavy (non-hydrogen) atoms. The number of alkyl halides is 4. The number of nitrogens with one attached hydrogen (secondary N) is 3. The Morgan fingerprint density at radius 1 is 0.583 bits per heavy atom. The van der Waals surface area contributed by atoms with Crippen LogP contribution in [0.5, 0.6) is 0 Å². The van der Waals surface area contributed by atoms with E-state index in [1.54, 1.807) is 18.9 Å². The van der Waals surface area contributed by atoms with Crippen LogP contribution in [0.15, 0.2) is 0 Å². The third-order valence-corrected chi connectivity index (χ3v) is 25.2. The molecule has 4 aliphatic heterocycles. The predicted molar refractivity (Wildman–Crippen MR) is 382 cm³/mol. The van der Waals surface area contributed by atoms with Crippen molar-refractivity contribution in [3.05, 3.63) is 0 Å². The number of carbonyl (C=O) groups excluding carboxylic acids is 12. The first-order chi connectivity index (χ1) is 48.7. The van der Waals surface area contributed by atoms with Gasteiger partial charge in [-0.15, -0.1) is 11.6 Å². The Bertz CT molecular complexity index is 3030. The van der Waals surface area contributed by atoms with Crippen molar-refractivity contribution in [3.8, 4) is 0 Å². The quantitative estimate of drug-likeness (QED) is 0.176. The summed E-state index contributed by atoms with van der Waals surface area (Å²) in [5.41, 5.74) is -1.55. The summed E-state index contributed by atoms with van der Waals surface area (Å²) < 4.78 is 42.2. The number of hydrogen-bond donors (Lipinski definition) is 3. The Hall–Kier alpha value is -6.28. The monoisotopic (exact) mass is 1470 g/mol. The summed E-state index contributed by atoms with van der Waals surface area (Å²) in [5, 5.41) is 7.72. The molecule has 0 radical (unpaired) electrons. The van der Waals surface area contributed by atoms with Gasteiger partial charge in [-0.3, -0.25) is 57.5 Å². The van der Waals surface area contributed by atoms with Crippen molar-refractivity contribution in [1.29, 1.82) is 0 Å². The first-order valence-electron chi connectivity index (χ1n) is 38.8. The highest BCUT2D eigenvalue weighted by Crippen LogP contribution is 2.44. The zero-order valence-corrected chi connectivity index (χ0v) is 64.0. The molecule has 0 aromatic heterocycles. The summed E-state index contributed by atoms with van der Waals surface area (Å²) in [6.45, 7) is 9.38. The summed E-state index contributed by atoms with van der Waals surface area (Å²) in [6.07, 6.45) is 8.30. The second kappa shape index (κ2) is 36.3. The fraction of sp³-hybridized carbons (Fsp3) is 0.840. The number of likely N-dealkylation sites (tertiary alicyclic amines) is 1. The SMILES string of the molecule is CC[C@H](C)[C@@H]1NC(=O)[C@H](CC(C)C)N(C)C(=O)C[C@@H](C(=O)N2CCCCC2)N(C)C(=O)[C@H](C2CCCCC2)N(C)C(=O)C2(CCCC2)NC(=O)[C@@H]2CCCN2C(=O)[C@H](CCC2CCC(C(F)(F)F)C(Cl)C2)NC(=O)CN(C)C(=O)[C@H](CC2CCCCC2)N(C)C(=O)[C@@H]2CCN2C(=O)[C@H](C)N(C)C1=O. The van der Waals surface area contributed by atoms with E-state index in [-0.39, 0.29) is 101 Å². The van der Waals surface area contributed by atoms with E-state index in [9.17, 15) is 32.3 Å². The van der Waals surface area contributed by atoms with E-state index in [0.29, 0.717) is 64.5 Å². The lowest BCUT2D eigenvalue weighted by Gasteiger charge is -2.45. The molecule has 4 aliphatic carbocycles. The largest absolute Gasteiger partial charge is 0.393 e. The van der Waals surface area contributed by atoms with Gasteiger partial charge in [0, 0.05) is 73.8 Å². The molecular formula is C75H120ClF3N12O12. The molecule has 4 heterocycles. The minimum Gasteiger partial charge on any atom is -0.343 e. The summed E-state index contributed by atoms with van der Waals surface area (Å²) >= 11 is 6.43. The number of hydrogen-bond acceptors (Lipinski definition) is 12. The summed E-state index contributed by atoms with van der Waals surface area (Å²) in [6, 6.07) is -10.7. The van der Waals surface area contributed by atoms with Gasteiger partial charge in [0.25, 0.3) is 0 Å². The van der Waals surface area contributed by atoms with Gasteiger partial charge in [-0.25, -0.2) is 0 Å². The van der Waals surface area contributed by atoms with Crippen LogP contribution in [-0.2, 0) is 57.5 Å². The van der Waals surface area contributed by atoms with Crippen LogP contribution in [0.2, 0.25) is 0 Å². The third-order valence-electron chi connectivity index (χ3n) is 24.7. The Morgan fingerprint density at radius 2 is 1.20 bits per heavy atom. The van der Waals surface area contributed by atoms with Gasteiger partial charge in [-0.2, -0.15) is 13.2 Å². The van der Waals surface area contributed by atoms with Crippen molar-refractivity contribution < 1.29 is 70.7 Å². The highest BCUT2D eigenvalue weighted by atomic mass is 35.5. The van der Waals surface area contributed by atoms with E-state index in [0.717, 1.165) is 57.8 Å². The number of nitrogens with zero attached hydrogens (tertiary/aromatic N) is 9. The van der Waals surface area contributed by atoms with E-state index < -0.39 is 173 Å². The Morgan fingerprint density at radius 3 is 1.80 bits per heavy atom. The van der Waals surface area contributed by atoms with Crippen molar-refractivity contribution in [2.75, 3.05) is 75.0 Å². The molecule has 8 aliphatic rings. The minimum absolute atomic E-state index is 0.00495. The van der Waals surface area contributed by atoms with Crippen LogP contribution in [0.1, 0.15) is 221 Å². The summed E-state index contributed by atoms with van der Waals surface area (Å²) in [4.78, 5) is 194. The standard InChI is InChI=1S/C75H120ClF3N12O12/c1-12-47(4)62-71(101)84(7)48(5)66(96)91-40-34-56(91)69(99)86(9)58(43-49-25-16-13-17-26-49)68(98)83(6)45-60(92)80-54(33-31-50-30-32-52(53(76)42-50)75(77,78)79)67(97)90-39-24-29-55(90)65(95)82-74(35-20-21-36-74)73(103)88(11)63(51-27-18-14-19-28-51)72(102)87(10)59(70(100)89-37-22-15-23-38-89)44-61(93)85(8)57(41-46(2)3)64(94)81-62/h46-59,62-63H,12-45H2,1-11H3,(H,80,92)(H,81,94)(H,82,95)/t47-,48-,50?,52?,53?,54-,55-,56-,57-,58-,59-,62-,63-/m0/s1. The van der Waals surface area contributed by atoms with Gasteiger partial charge < -0.3 is 60.0 Å². The maximum atomic E-state index is 15.9.